The Balaban J connectivity index is 1.57. The van der Waals surface area contributed by atoms with E-state index in [1.807, 2.05) is 64.1 Å². The van der Waals surface area contributed by atoms with Gasteiger partial charge < -0.3 is 15.2 Å². The fourth-order valence-corrected chi connectivity index (χ4v) is 5.52. The Kier molecular flexibility index (Phi) is 8.78. The molecule has 1 heterocycles. The summed E-state index contributed by atoms with van der Waals surface area (Å²) < 4.78 is 30.9. The van der Waals surface area contributed by atoms with E-state index in [-0.39, 0.29) is 23.5 Å². The van der Waals surface area contributed by atoms with Gasteiger partial charge in [0, 0.05) is 29.4 Å². The molecule has 1 aromatic heterocycles. The Morgan fingerprint density at radius 1 is 1.07 bits per heavy atom. The summed E-state index contributed by atoms with van der Waals surface area (Å²) in [5, 5.41) is 28.2. The number of pyridine rings is 1. The van der Waals surface area contributed by atoms with Crippen molar-refractivity contribution < 1.29 is 18.3 Å². The molecule has 4 aromatic rings. The zero-order chi connectivity index (χ0) is 29.8. The van der Waals surface area contributed by atoms with Crippen molar-refractivity contribution in [3.05, 3.63) is 106 Å². The normalized spacial score (nSPS) is 11.6. The number of aryl methyl sites for hydroxylation is 1. The summed E-state index contributed by atoms with van der Waals surface area (Å²) in [5.74, 6) is 1.19. The van der Waals surface area contributed by atoms with Crippen LogP contribution in [0.1, 0.15) is 54.2 Å². The molecule has 41 heavy (non-hydrogen) atoms. The molecular weight excluding hydrogens is 536 g/mol. The highest BCUT2D eigenvalue weighted by Crippen LogP contribution is 2.37. The first kappa shape index (κ1) is 29.7. The lowest BCUT2D eigenvalue weighted by atomic mass is 9.82. The molecule has 0 fully saturated rings. The molecule has 0 saturated carbocycles. The number of primary sulfonamides is 1. The second-order valence-electron chi connectivity index (χ2n) is 10.9. The number of aliphatic hydroxyl groups is 1. The molecule has 0 bridgehead atoms. The van der Waals surface area contributed by atoms with E-state index in [0.29, 0.717) is 40.4 Å². The lowest BCUT2D eigenvalue weighted by Crippen LogP contribution is -2.18. The van der Waals surface area contributed by atoms with Gasteiger partial charge in [0.15, 0.2) is 0 Å². The Bertz CT molecular complexity index is 1700. The van der Waals surface area contributed by atoms with E-state index in [1.165, 1.54) is 6.07 Å². The molecule has 0 unspecified atom stereocenters. The number of anilines is 1. The lowest BCUT2D eigenvalue weighted by molar-refractivity contribution is 0.257. The molecule has 0 radical (unpaired) electrons. The monoisotopic (exact) mass is 570 g/mol. The van der Waals surface area contributed by atoms with E-state index in [9.17, 15) is 13.5 Å². The number of nitriles is 1. The van der Waals surface area contributed by atoms with Gasteiger partial charge in [-0.1, -0.05) is 57.2 Å². The highest BCUT2D eigenvalue weighted by molar-refractivity contribution is 7.89. The van der Waals surface area contributed by atoms with E-state index in [2.05, 4.69) is 16.4 Å². The number of rotatable bonds is 9. The number of nitrogens with one attached hydrogen (secondary N) is 1. The molecule has 4 rings (SSSR count). The molecule has 0 aliphatic rings. The summed E-state index contributed by atoms with van der Waals surface area (Å²) in [6.07, 6.45) is 1.63. The predicted octanol–water partition coefficient (Wildman–Crippen LogP) is 5.56. The average Bonchev–Trinajstić information content (AvgIpc) is 2.94. The number of ether oxygens (including phenoxy) is 1. The Morgan fingerprint density at radius 2 is 1.83 bits per heavy atom. The van der Waals surface area contributed by atoms with Gasteiger partial charge in [-0.25, -0.2) is 18.5 Å². The smallest absolute Gasteiger partial charge is 0.238 e. The number of sulfonamides is 1. The summed E-state index contributed by atoms with van der Waals surface area (Å²) in [6, 6.07) is 22.0. The fraction of sp³-hybridized carbons (Fsp3) is 0.250. The SMILES string of the molecule is Cc1ccc(CNc2ccc(-c3c(C(C)(C)C)cccc3S(N)(=O)=O)cn2)c(CO)c1OCc1cccc(C#N)c1. The van der Waals surface area contributed by atoms with Crippen LogP contribution in [0.15, 0.2) is 77.8 Å². The average molecular weight is 571 g/mol. The van der Waals surface area contributed by atoms with Crippen LogP contribution in [0.5, 0.6) is 5.75 Å². The zero-order valence-electron chi connectivity index (χ0n) is 23.6. The molecule has 212 valence electrons. The van der Waals surface area contributed by atoms with E-state index >= 15 is 0 Å². The first-order valence-corrected chi connectivity index (χ1v) is 14.7. The van der Waals surface area contributed by atoms with E-state index in [0.717, 1.165) is 22.3 Å². The topological polar surface area (TPSA) is 138 Å². The molecule has 0 amide bonds. The van der Waals surface area contributed by atoms with Gasteiger partial charge in [-0.15, -0.1) is 0 Å². The largest absolute Gasteiger partial charge is 0.488 e. The third-order valence-electron chi connectivity index (χ3n) is 6.80. The maximum atomic E-state index is 12.4. The fourth-order valence-electron chi connectivity index (χ4n) is 4.73. The first-order valence-electron chi connectivity index (χ1n) is 13.1. The molecule has 8 nitrogen and oxygen atoms in total. The second kappa shape index (κ2) is 12.1. The van der Waals surface area contributed by atoms with Gasteiger partial charge in [0.05, 0.1) is 23.1 Å². The number of aliphatic hydroxyl groups excluding tert-OH is 1. The van der Waals surface area contributed by atoms with Gasteiger partial charge in [-0.2, -0.15) is 5.26 Å². The molecule has 9 heteroatoms. The number of nitrogens with two attached hydrogens (primary N) is 1. The standard InChI is InChI=1S/C32H34N4O4S/c1-21-11-12-24(26(19-37)31(21)40-20-23-8-5-7-22(15-23)16-33)17-35-29-14-13-25(18-36-29)30-27(32(2,3)4)9-6-10-28(30)41(34,38)39/h5-15,18,37H,17,19-20H2,1-4H3,(H,35,36)(H2,34,38,39). The van der Waals surface area contributed by atoms with Crippen molar-refractivity contribution in [2.45, 2.75) is 57.8 Å². The Hall–Kier alpha value is -4.23. The highest BCUT2D eigenvalue weighted by atomic mass is 32.2. The molecule has 0 atom stereocenters. The van der Waals surface area contributed by atoms with Crippen LogP contribution >= 0.6 is 0 Å². The van der Waals surface area contributed by atoms with Crippen LogP contribution in [0.4, 0.5) is 5.82 Å². The highest BCUT2D eigenvalue weighted by Gasteiger charge is 2.25. The van der Waals surface area contributed by atoms with Crippen molar-refractivity contribution in [3.63, 3.8) is 0 Å². The van der Waals surface area contributed by atoms with E-state index in [4.69, 9.17) is 15.1 Å². The number of benzene rings is 3. The third-order valence-corrected chi connectivity index (χ3v) is 7.76. The van der Waals surface area contributed by atoms with Crippen molar-refractivity contribution >= 4 is 15.8 Å². The second-order valence-corrected chi connectivity index (χ2v) is 12.4. The van der Waals surface area contributed by atoms with E-state index < -0.39 is 10.0 Å². The molecule has 0 spiro atoms. The van der Waals surface area contributed by atoms with Gasteiger partial charge in [-0.3, -0.25) is 0 Å². The van der Waals surface area contributed by atoms with E-state index in [1.54, 1.807) is 30.5 Å². The number of hydrogen-bond acceptors (Lipinski definition) is 7. The van der Waals surface area contributed by atoms with Gasteiger partial charge in [0.25, 0.3) is 0 Å². The summed E-state index contributed by atoms with van der Waals surface area (Å²) in [6.45, 7) is 8.41. The minimum atomic E-state index is -3.96. The van der Waals surface area contributed by atoms with Crippen LogP contribution in [-0.2, 0) is 35.2 Å². The quantitative estimate of drug-likeness (QED) is 0.240. The summed E-state index contributed by atoms with van der Waals surface area (Å²) in [5.41, 5.74) is 5.55. The molecule has 3 aromatic carbocycles. The van der Waals surface area contributed by atoms with Crippen LogP contribution in [-0.4, -0.2) is 18.5 Å². The lowest BCUT2D eigenvalue weighted by Gasteiger charge is -2.24. The molecule has 0 saturated heterocycles. The Labute approximate surface area is 241 Å². The predicted molar refractivity (Wildman–Crippen MR) is 160 cm³/mol. The summed E-state index contributed by atoms with van der Waals surface area (Å²) in [4.78, 5) is 4.60. The maximum absolute atomic E-state index is 12.4. The minimum absolute atomic E-state index is 0.0616. The van der Waals surface area contributed by atoms with Crippen LogP contribution in [0.3, 0.4) is 0 Å². The van der Waals surface area contributed by atoms with Crippen LogP contribution in [0, 0.1) is 18.3 Å². The van der Waals surface area contributed by atoms with Crippen molar-refractivity contribution in [2.75, 3.05) is 5.32 Å². The van der Waals surface area contributed by atoms with Crippen LogP contribution in [0.25, 0.3) is 11.1 Å². The van der Waals surface area contributed by atoms with Crippen molar-refractivity contribution in [1.82, 2.24) is 4.98 Å². The van der Waals surface area contributed by atoms with Gasteiger partial charge in [0.1, 0.15) is 18.2 Å². The van der Waals surface area contributed by atoms with Crippen LogP contribution in [0.2, 0.25) is 0 Å². The summed E-state index contributed by atoms with van der Waals surface area (Å²) in [7, 11) is -3.96. The molecule has 0 aliphatic heterocycles. The third kappa shape index (κ3) is 6.92. The van der Waals surface area contributed by atoms with Crippen LogP contribution < -0.4 is 15.2 Å². The Morgan fingerprint density at radius 3 is 2.46 bits per heavy atom. The first-order chi connectivity index (χ1) is 19.4. The van der Waals surface area contributed by atoms with Gasteiger partial charge in [-0.05, 0) is 64.9 Å². The zero-order valence-corrected chi connectivity index (χ0v) is 24.4. The number of nitrogens with zero attached hydrogens (tertiary/aromatic N) is 2. The van der Waals surface area contributed by atoms with Gasteiger partial charge >= 0.3 is 0 Å². The van der Waals surface area contributed by atoms with Gasteiger partial charge in [0.2, 0.25) is 10.0 Å². The maximum Gasteiger partial charge on any atom is 0.238 e. The molecule has 4 N–H and O–H groups in total. The van der Waals surface area contributed by atoms with Crippen molar-refractivity contribution in [1.29, 1.82) is 5.26 Å². The number of aromatic nitrogens is 1. The molecular formula is C32H34N4O4S. The van der Waals surface area contributed by atoms with Crippen molar-refractivity contribution in [2.24, 2.45) is 5.14 Å². The molecule has 0 aliphatic carbocycles. The summed E-state index contributed by atoms with van der Waals surface area (Å²) >= 11 is 0. The minimum Gasteiger partial charge on any atom is -0.488 e. The van der Waals surface area contributed by atoms with Crippen molar-refractivity contribution in [3.8, 4) is 22.9 Å². The number of hydrogen-bond donors (Lipinski definition) is 3.